The van der Waals surface area contributed by atoms with Crippen LogP contribution in [0.4, 0.5) is 8.78 Å². The molecule has 1 aliphatic carbocycles. The van der Waals surface area contributed by atoms with E-state index in [2.05, 4.69) is 0 Å². The summed E-state index contributed by atoms with van der Waals surface area (Å²) in [6.45, 7) is 1.49. The SMILES string of the molecule is CCC(F)(F)C1CC(N)CCC1Cl. The van der Waals surface area contributed by atoms with Crippen molar-refractivity contribution in [1.29, 1.82) is 0 Å². The highest BCUT2D eigenvalue weighted by molar-refractivity contribution is 6.20. The summed E-state index contributed by atoms with van der Waals surface area (Å²) in [6.07, 6.45) is 1.59. The summed E-state index contributed by atoms with van der Waals surface area (Å²) in [5.41, 5.74) is 5.65. The Labute approximate surface area is 82.6 Å². The Morgan fingerprint density at radius 2 is 2.08 bits per heavy atom. The fourth-order valence-corrected chi connectivity index (χ4v) is 2.28. The molecule has 0 bridgehead atoms. The second-order valence-corrected chi connectivity index (χ2v) is 4.37. The van der Waals surface area contributed by atoms with Crippen LogP contribution in [0.25, 0.3) is 0 Å². The number of halogens is 3. The maximum atomic E-state index is 13.3. The lowest BCUT2D eigenvalue weighted by atomic mass is 9.81. The van der Waals surface area contributed by atoms with Gasteiger partial charge in [-0.3, -0.25) is 0 Å². The Morgan fingerprint density at radius 3 is 2.62 bits per heavy atom. The molecule has 78 valence electrons. The third kappa shape index (κ3) is 2.53. The van der Waals surface area contributed by atoms with E-state index >= 15 is 0 Å². The normalized spacial score (nSPS) is 36.2. The minimum absolute atomic E-state index is 0.0996. The Morgan fingerprint density at radius 1 is 1.46 bits per heavy atom. The molecule has 0 saturated heterocycles. The first-order valence-corrected chi connectivity index (χ1v) is 5.18. The summed E-state index contributed by atoms with van der Waals surface area (Å²) < 4.78 is 26.6. The van der Waals surface area contributed by atoms with Gasteiger partial charge in [0, 0.05) is 23.8 Å². The van der Waals surface area contributed by atoms with Crippen molar-refractivity contribution in [2.75, 3.05) is 0 Å². The highest BCUT2D eigenvalue weighted by Crippen LogP contribution is 2.40. The molecule has 3 atom stereocenters. The molecule has 0 radical (unpaired) electrons. The lowest BCUT2D eigenvalue weighted by molar-refractivity contribution is -0.0737. The molecule has 3 unspecified atom stereocenters. The van der Waals surface area contributed by atoms with Gasteiger partial charge in [0.15, 0.2) is 0 Å². The molecule has 4 heteroatoms. The van der Waals surface area contributed by atoms with E-state index in [4.69, 9.17) is 17.3 Å². The van der Waals surface area contributed by atoms with E-state index in [0.29, 0.717) is 12.8 Å². The van der Waals surface area contributed by atoms with Crippen LogP contribution in [0, 0.1) is 5.92 Å². The van der Waals surface area contributed by atoms with E-state index in [1.54, 1.807) is 0 Å². The fourth-order valence-electron chi connectivity index (χ4n) is 1.87. The van der Waals surface area contributed by atoms with Gasteiger partial charge in [0.2, 0.25) is 0 Å². The molecular weight excluding hydrogens is 196 g/mol. The van der Waals surface area contributed by atoms with E-state index in [1.165, 1.54) is 6.92 Å². The standard InChI is InChI=1S/C9H16ClF2N/c1-2-9(11,12)7-5-6(13)3-4-8(7)10/h6-8H,2-5,13H2,1H3. The zero-order chi connectivity index (χ0) is 10.1. The third-order valence-corrected chi connectivity index (χ3v) is 3.34. The van der Waals surface area contributed by atoms with Crippen LogP contribution in [0.15, 0.2) is 0 Å². The number of rotatable bonds is 2. The largest absolute Gasteiger partial charge is 0.328 e. The van der Waals surface area contributed by atoms with Crippen LogP contribution in [0.1, 0.15) is 32.6 Å². The monoisotopic (exact) mass is 211 g/mol. The summed E-state index contributed by atoms with van der Waals surface area (Å²) in [5, 5.41) is -0.408. The van der Waals surface area contributed by atoms with Crippen LogP contribution in [0.3, 0.4) is 0 Å². The highest BCUT2D eigenvalue weighted by atomic mass is 35.5. The number of hydrogen-bond donors (Lipinski definition) is 1. The Hall–Kier alpha value is 0.110. The molecule has 2 N–H and O–H groups in total. The quantitative estimate of drug-likeness (QED) is 0.699. The molecule has 1 aliphatic rings. The van der Waals surface area contributed by atoms with Crippen molar-refractivity contribution in [2.24, 2.45) is 11.7 Å². The van der Waals surface area contributed by atoms with Crippen molar-refractivity contribution in [1.82, 2.24) is 0 Å². The van der Waals surface area contributed by atoms with Gasteiger partial charge in [-0.2, -0.15) is 0 Å². The molecule has 1 fully saturated rings. The average Bonchev–Trinajstić information content (AvgIpc) is 2.09. The number of hydrogen-bond acceptors (Lipinski definition) is 1. The van der Waals surface area contributed by atoms with Crippen molar-refractivity contribution < 1.29 is 8.78 Å². The van der Waals surface area contributed by atoms with E-state index in [9.17, 15) is 8.78 Å². The van der Waals surface area contributed by atoms with Gasteiger partial charge in [0.05, 0.1) is 0 Å². The van der Waals surface area contributed by atoms with Crippen LogP contribution >= 0.6 is 11.6 Å². The molecule has 1 nitrogen and oxygen atoms in total. The molecule has 0 spiro atoms. The summed E-state index contributed by atoms with van der Waals surface area (Å²) >= 11 is 5.88. The number of alkyl halides is 3. The minimum Gasteiger partial charge on any atom is -0.328 e. The molecule has 0 aromatic heterocycles. The van der Waals surface area contributed by atoms with Crippen LogP contribution in [-0.4, -0.2) is 17.3 Å². The predicted octanol–water partition coefficient (Wildman–Crippen LogP) is 2.77. The van der Waals surface area contributed by atoms with Gasteiger partial charge in [-0.1, -0.05) is 6.92 Å². The van der Waals surface area contributed by atoms with Crippen LogP contribution in [0.2, 0.25) is 0 Å². The third-order valence-electron chi connectivity index (χ3n) is 2.82. The van der Waals surface area contributed by atoms with Crippen molar-refractivity contribution in [2.45, 2.75) is 49.9 Å². The first kappa shape index (κ1) is 11.2. The average molecular weight is 212 g/mol. The van der Waals surface area contributed by atoms with Crippen molar-refractivity contribution in [3.8, 4) is 0 Å². The first-order chi connectivity index (χ1) is 5.97. The van der Waals surface area contributed by atoms with Gasteiger partial charge in [-0.05, 0) is 19.3 Å². The second kappa shape index (κ2) is 4.09. The molecule has 1 saturated carbocycles. The molecule has 0 heterocycles. The van der Waals surface area contributed by atoms with Gasteiger partial charge in [-0.25, -0.2) is 8.78 Å². The lowest BCUT2D eigenvalue weighted by Crippen LogP contribution is -2.43. The zero-order valence-electron chi connectivity index (χ0n) is 7.77. The lowest BCUT2D eigenvalue weighted by Gasteiger charge is -2.35. The van der Waals surface area contributed by atoms with E-state index < -0.39 is 17.2 Å². The number of nitrogens with two attached hydrogens (primary N) is 1. The summed E-state index contributed by atoms with van der Waals surface area (Å²) in [4.78, 5) is 0. The first-order valence-electron chi connectivity index (χ1n) is 4.75. The van der Waals surface area contributed by atoms with Crippen LogP contribution < -0.4 is 5.73 Å². The highest BCUT2D eigenvalue weighted by Gasteiger charge is 2.44. The molecule has 13 heavy (non-hydrogen) atoms. The summed E-state index contributed by atoms with van der Waals surface area (Å²) in [5.74, 6) is -3.38. The maximum Gasteiger partial charge on any atom is 0.252 e. The Kier molecular flexibility index (Phi) is 3.52. The van der Waals surface area contributed by atoms with Gasteiger partial charge < -0.3 is 5.73 Å². The smallest absolute Gasteiger partial charge is 0.252 e. The van der Waals surface area contributed by atoms with Crippen LogP contribution in [0.5, 0.6) is 0 Å². The van der Waals surface area contributed by atoms with Crippen molar-refractivity contribution in [3.05, 3.63) is 0 Å². The van der Waals surface area contributed by atoms with E-state index in [0.717, 1.165) is 6.42 Å². The maximum absolute atomic E-state index is 13.3. The minimum atomic E-state index is -2.65. The second-order valence-electron chi connectivity index (χ2n) is 3.81. The summed E-state index contributed by atoms with van der Waals surface area (Å²) in [6, 6.07) is -0.0996. The topological polar surface area (TPSA) is 26.0 Å². The molecule has 0 amide bonds. The molecule has 0 aromatic rings. The molecule has 0 aliphatic heterocycles. The van der Waals surface area contributed by atoms with Crippen molar-refractivity contribution >= 4 is 11.6 Å². The molecule has 0 aromatic carbocycles. The Bertz CT molecular complexity index is 175. The Balaban J connectivity index is 2.65. The molecular formula is C9H16ClF2N. The fraction of sp³-hybridized carbons (Fsp3) is 1.00. The zero-order valence-corrected chi connectivity index (χ0v) is 8.53. The van der Waals surface area contributed by atoms with Crippen molar-refractivity contribution in [3.63, 3.8) is 0 Å². The predicted molar refractivity (Wildman–Crippen MR) is 50.2 cm³/mol. The van der Waals surface area contributed by atoms with Gasteiger partial charge in [-0.15, -0.1) is 11.6 Å². The van der Waals surface area contributed by atoms with Crippen LogP contribution in [-0.2, 0) is 0 Å². The van der Waals surface area contributed by atoms with Gasteiger partial charge in [0.25, 0.3) is 5.92 Å². The van der Waals surface area contributed by atoms with Gasteiger partial charge >= 0.3 is 0 Å². The van der Waals surface area contributed by atoms with Gasteiger partial charge in [0.1, 0.15) is 0 Å². The molecule has 1 rings (SSSR count). The van der Waals surface area contributed by atoms with E-state index in [-0.39, 0.29) is 12.5 Å². The van der Waals surface area contributed by atoms with E-state index in [1.807, 2.05) is 0 Å². The summed E-state index contributed by atoms with van der Waals surface area (Å²) in [7, 11) is 0.